The zero-order valence-electron chi connectivity index (χ0n) is 12.0. The van der Waals surface area contributed by atoms with Gasteiger partial charge in [0.2, 0.25) is 5.91 Å². The predicted molar refractivity (Wildman–Crippen MR) is 83.4 cm³/mol. The summed E-state index contributed by atoms with van der Waals surface area (Å²) in [5.41, 5.74) is 2.82. The monoisotopic (exact) mass is 309 g/mol. The zero-order valence-corrected chi connectivity index (χ0v) is 12.8. The van der Waals surface area contributed by atoms with Crippen LogP contribution in [0.5, 0.6) is 0 Å². The summed E-state index contributed by atoms with van der Waals surface area (Å²) >= 11 is 0. The Hall–Kier alpha value is -1.66. The van der Waals surface area contributed by atoms with Gasteiger partial charge in [0.1, 0.15) is 0 Å². The molecule has 3 N–H and O–H groups in total. The summed E-state index contributed by atoms with van der Waals surface area (Å²) in [6.07, 6.45) is 4.84. The molecule has 0 radical (unpaired) electrons. The van der Waals surface area contributed by atoms with Crippen molar-refractivity contribution in [3.8, 4) is 0 Å². The van der Waals surface area contributed by atoms with E-state index in [1.54, 1.807) is 0 Å². The first kappa shape index (κ1) is 15.7. The van der Waals surface area contributed by atoms with Crippen molar-refractivity contribution >= 4 is 29.3 Å². The van der Waals surface area contributed by atoms with E-state index in [-0.39, 0.29) is 24.4 Å². The fourth-order valence-corrected chi connectivity index (χ4v) is 2.53. The van der Waals surface area contributed by atoms with Crippen LogP contribution in [0.15, 0.2) is 12.3 Å². The van der Waals surface area contributed by atoms with Gasteiger partial charge >= 0.3 is 0 Å². The molecule has 21 heavy (non-hydrogen) atoms. The van der Waals surface area contributed by atoms with Gasteiger partial charge in [-0.3, -0.25) is 9.89 Å². The average Bonchev–Trinajstić information content (AvgIpc) is 2.69. The lowest BCUT2D eigenvalue weighted by atomic mass is 10.1. The molecule has 0 aliphatic carbocycles. The number of carbonyl (C=O) groups is 1. The molecule has 114 valence electrons. The number of aromatic amines is 1. The fourth-order valence-electron chi connectivity index (χ4n) is 2.53. The van der Waals surface area contributed by atoms with E-state index in [1.807, 2.05) is 13.1 Å². The number of rotatable bonds is 3. The molecule has 2 aromatic heterocycles. The highest BCUT2D eigenvalue weighted by Crippen LogP contribution is 2.14. The van der Waals surface area contributed by atoms with Crippen molar-refractivity contribution in [3.63, 3.8) is 0 Å². The van der Waals surface area contributed by atoms with E-state index in [1.165, 1.54) is 0 Å². The number of aryl methyl sites for hydroxylation is 1. The molecular weight excluding hydrogens is 290 g/mol. The molecular formula is C14H20ClN5O. The van der Waals surface area contributed by atoms with Crippen LogP contribution in [0, 0.1) is 6.92 Å². The molecule has 1 atom stereocenters. The van der Waals surface area contributed by atoms with Crippen molar-refractivity contribution in [3.05, 3.63) is 23.5 Å². The second-order valence-electron chi connectivity index (χ2n) is 5.28. The van der Waals surface area contributed by atoms with E-state index < -0.39 is 0 Å². The number of carbonyl (C=O) groups excluding carboxylic acids is 1. The first-order valence-electron chi connectivity index (χ1n) is 7.05. The highest BCUT2D eigenvalue weighted by molar-refractivity contribution is 5.85. The van der Waals surface area contributed by atoms with Gasteiger partial charge in [-0.2, -0.15) is 5.10 Å². The number of pyridine rings is 1. The van der Waals surface area contributed by atoms with Crippen LogP contribution < -0.4 is 10.6 Å². The molecule has 1 unspecified atom stereocenters. The summed E-state index contributed by atoms with van der Waals surface area (Å²) in [5, 5.41) is 14.3. The molecule has 1 fully saturated rings. The Labute approximate surface area is 129 Å². The van der Waals surface area contributed by atoms with Crippen molar-refractivity contribution < 1.29 is 4.79 Å². The van der Waals surface area contributed by atoms with Gasteiger partial charge < -0.3 is 10.6 Å². The second kappa shape index (κ2) is 6.87. The van der Waals surface area contributed by atoms with Crippen molar-refractivity contribution in [2.75, 3.05) is 6.54 Å². The number of nitrogens with one attached hydrogen (secondary N) is 3. The number of amides is 1. The van der Waals surface area contributed by atoms with E-state index in [9.17, 15) is 4.79 Å². The third-order valence-corrected chi connectivity index (χ3v) is 3.74. The minimum atomic E-state index is -0.0985. The number of halogens is 1. The van der Waals surface area contributed by atoms with Crippen LogP contribution in [0.2, 0.25) is 0 Å². The summed E-state index contributed by atoms with van der Waals surface area (Å²) in [4.78, 5) is 16.2. The zero-order chi connectivity index (χ0) is 13.9. The van der Waals surface area contributed by atoms with Crippen LogP contribution in [0.4, 0.5) is 0 Å². The molecule has 0 aromatic carbocycles. The molecule has 0 bridgehead atoms. The fraction of sp³-hybridized carbons (Fsp3) is 0.500. The van der Waals surface area contributed by atoms with E-state index in [0.717, 1.165) is 48.1 Å². The van der Waals surface area contributed by atoms with Crippen molar-refractivity contribution in [1.29, 1.82) is 0 Å². The van der Waals surface area contributed by atoms with Gasteiger partial charge in [0.25, 0.3) is 0 Å². The molecule has 1 aliphatic rings. The molecule has 0 saturated carbocycles. The van der Waals surface area contributed by atoms with E-state index >= 15 is 0 Å². The molecule has 3 rings (SSSR count). The molecule has 1 amide bonds. The SMILES string of the molecule is Cc1[nH]nc2ncc(CNC3CCCCNC3=O)cc12.Cl. The summed E-state index contributed by atoms with van der Waals surface area (Å²) in [7, 11) is 0. The first-order chi connectivity index (χ1) is 9.74. The quantitative estimate of drug-likeness (QED) is 0.801. The summed E-state index contributed by atoms with van der Waals surface area (Å²) < 4.78 is 0. The molecule has 1 saturated heterocycles. The van der Waals surface area contributed by atoms with Crippen LogP contribution in [0.1, 0.15) is 30.5 Å². The molecule has 0 spiro atoms. The third kappa shape index (κ3) is 3.51. The maximum absolute atomic E-state index is 11.9. The molecule has 6 nitrogen and oxygen atoms in total. The van der Waals surface area contributed by atoms with Gasteiger partial charge in [-0.15, -0.1) is 12.4 Å². The molecule has 7 heteroatoms. The lowest BCUT2D eigenvalue weighted by molar-refractivity contribution is -0.122. The van der Waals surface area contributed by atoms with E-state index in [2.05, 4.69) is 31.9 Å². The largest absolute Gasteiger partial charge is 0.355 e. The minimum Gasteiger partial charge on any atom is -0.355 e. The minimum absolute atomic E-state index is 0. The lowest BCUT2D eigenvalue weighted by Crippen LogP contribution is -2.42. The predicted octanol–water partition coefficient (Wildman–Crippen LogP) is 1.45. The first-order valence-corrected chi connectivity index (χ1v) is 7.05. The normalized spacial score (nSPS) is 18.9. The number of hydrogen-bond donors (Lipinski definition) is 3. The maximum Gasteiger partial charge on any atom is 0.237 e. The van der Waals surface area contributed by atoms with Crippen LogP contribution in [0.25, 0.3) is 11.0 Å². The number of hydrogen-bond acceptors (Lipinski definition) is 4. The molecule has 1 aliphatic heterocycles. The Bertz CT molecular complexity index is 627. The Morgan fingerprint density at radius 3 is 3.14 bits per heavy atom. The standard InChI is InChI=1S/C14H19N5O.ClH/c1-9-11-6-10(8-17-13(11)19-18-9)7-16-12-4-2-3-5-15-14(12)20;/h6,8,12,16H,2-5,7H2,1H3,(H,15,20)(H,17,18,19);1H. The highest BCUT2D eigenvalue weighted by atomic mass is 35.5. The lowest BCUT2D eigenvalue weighted by Gasteiger charge is -2.15. The van der Waals surface area contributed by atoms with Crippen LogP contribution in [-0.2, 0) is 11.3 Å². The van der Waals surface area contributed by atoms with Crippen molar-refractivity contribution in [2.45, 2.75) is 38.8 Å². The Balaban J connectivity index is 0.00000161. The number of H-pyrrole nitrogens is 1. The summed E-state index contributed by atoms with van der Waals surface area (Å²) in [6.45, 7) is 3.41. The van der Waals surface area contributed by atoms with Gasteiger partial charge in [-0.05, 0) is 37.8 Å². The number of fused-ring (bicyclic) bond motifs is 1. The average molecular weight is 310 g/mol. The second-order valence-corrected chi connectivity index (χ2v) is 5.28. The van der Waals surface area contributed by atoms with Crippen molar-refractivity contribution in [2.24, 2.45) is 0 Å². The Kier molecular flexibility index (Phi) is 5.14. The van der Waals surface area contributed by atoms with Crippen LogP contribution in [-0.4, -0.2) is 33.7 Å². The number of aromatic nitrogens is 3. The van der Waals surface area contributed by atoms with Gasteiger partial charge in [-0.1, -0.05) is 0 Å². The smallest absolute Gasteiger partial charge is 0.237 e. The third-order valence-electron chi connectivity index (χ3n) is 3.74. The molecule has 3 heterocycles. The van der Waals surface area contributed by atoms with Crippen LogP contribution >= 0.6 is 12.4 Å². The van der Waals surface area contributed by atoms with E-state index in [4.69, 9.17) is 0 Å². The van der Waals surface area contributed by atoms with Crippen molar-refractivity contribution in [1.82, 2.24) is 25.8 Å². The van der Waals surface area contributed by atoms with Crippen LogP contribution in [0.3, 0.4) is 0 Å². The summed E-state index contributed by atoms with van der Waals surface area (Å²) in [5.74, 6) is 0.107. The Morgan fingerprint density at radius 2 is 2.29 bits per heavy atom. The van der Waals surface area contributed by atoms with Gasteiger partial charge in [0.15, 0.2) is 5.65 Å². The van der Waals surface area contributed by atoms with Gasteiger partial charge in [-0.25, -0.2) is 4.98 Å². The highest BCUT2D eigenvalue weighted by Gasteiger charge is 2.19. The maximum atomic E-state index is 11.9. The van der Waals surface area contributed by atoms with E-state index in [0.29, 0.717) is 6.54 Å². The summed E-state index contributed by atoms with van der Waals surface area (Å²) in [6, 6.07) is 1.97. The van der Waals surface area contributed by atoms with Gasteiger partial charge in [0, 0.05) is 30.4 Å². The van der Waals surface area contributed by atoms with Gasteiger partial charge in [0.05, 0.1) is 6.04 Å². The number of nitrogens with zero attached hydrogens (tertiary/aromatic N) is 2. The molecule has 2 aromatic rings. The Morgan fingerprint density at radius 1 is 1.43 bits per heavy atom. The topological polar surface area (TPSA) is 82.7 Å².